The Morgan fingerprint density at radius 1 is 1.00 bits per heavy atom. The number of hydrogen-bond acceptors (Lipinski definition) is 4. The molecule has 0 bridgehead atoms. The molecule has 0 aliphatic rings. The zero-order chi connectivity index (χ0) is 22.8. The fraction of sp³-hybridized carbons (Fsp3) is 0.0500. The normalized spacial score (nSPS) is 11.3. The fourth-order valence-corrected chi connectivity index (χ4v) is 4.79. The number of halogens is 4. The molecule has 0 unspecified atom stereocenters. The number of anilines is 2. The molecule has 0 spiro atoms. The maximum absolute atomic E-state index is 14.0. The molecule has 3 aromatic rings. The lowest BCUT2D eigenvalue weighted by molar-refractivity contribution is 0.102. The smallest absolute Gasteiger partial charge is 0.262 e. The van der Waals surface area contributed by atoms with Crippen LogP contribution in [0, 0.1) is 5.82 Å². The SMILES string of the molecule is NCc1ccc(NC(=O)c2c(F)cccc2Cl)cc1NS(=O)(=O)c1cc(Cl)cc(Cl)c1. The predicted molar refractivity (Wildman–Crippen MR) is 121 cm³/mol. The van der Waals surface area contributed by atoms with Crippen LogP contribution in [0.4, 0.5) is 15.8 Å². The lowest BCUT2D eigenvalue weighted by Gasteiger charge is -2.15. The third-order valence-corrected chi connectivity index (χ3v) is 6.26. The minimum absolute atomic E-state index is 0.0154. The Morgan fingerprint density at radius 3 is 2.29 bits per heavy atom. The van der Waals surface area contributed by atoms with E-state index in [4.69, 9.17) is 40.5 Å². The van der Waals surface area contributed by atoms with E-state index >= 15 is 0 Å². The van der Waals surface area contributed by atoms with Crippen LogP contribution in [0.15, 0.2) is 59.5 Å². The van der Waals surface area contributed by atoms with Crippen molar-refractivity contribution in [2.75, 3.05) is 10.0 Å². The Kier molecular flexibility index (Phi) is 7.08. The van der Waals surface area contributed by atoms with Crippen LogP contribution < -0.4 is 15.8 Å². The standard InChI is InChI=1S/C20H15Cl3FN3O3S/c21-12-6-13(22)8-15(7-12)31(29,30)27-18-9-14(5-4-11(18)10-25)26-20(28)19-16(23)2-1-3-17(19)24/h1-9,27H,10,25H2,(H,26,28). The Morgan fingerprint density at radius 2 is 1.68 bits per heavy atom. The van der Waals surface area contributed by atoms with E-state index in [1.54, 1.807) is 0 Å². The lowest BCUT2D eigenvalue weighted by Crippen LogP contribution is -2.17. The molecule has 1 amide bonds. The average molecular weight is 503 g/mol. The maximum Gasteiger partial charge on any atom is 0.262 e. The number of hydrogen-bond donors (Lipinski definition) is 3. The van der Waals surface area contributed by atoms with Crippen LogP contribution in [0.2, 0.25) is 15.1 Å². The molecule has 4 N–H and O–H groups in total. The van der Waals surface area contributed by atoms with Crippen molar-refractivity contribution >= 4 is 62.1 Å². The molecule has 3 aromatic carbocycles. The molecule has 0 radical (unpaired) electrons. The zero-order valence-electron chi connectivity index (χ0n) is 15.6. The Labute approximate surface area is 193 Å². The van der Waals surface area contributed by atoms with Gasteiger partial charge in [-0.05, 0) is 48.0 Å². The highest BCUT2D eigenvalue weighted by Gasteiger charge is 2.19. The first kappa shape index (κ1) is 23.3. The molecular weight excluding hydrogens is 488 g/mol. The first-order valence-electron chi connectivity index (χ1n) is 8.68. The molecule has 6 nitrogen and oxygen atoms in total. The molecule has 162 valence electrons. The van der Waals surface area contributed by atoms with E-state index in [0.29, 0.717) is 5.56 Å². The van der Waals surface area contributed by atoms with E-state index < -0.39 is 21.7 Å². The zero-order valence-corrected chi connectivity index (χ0v) is 18.7. The van der Waals surface area contributed by atoms with E-state index in [-0.39, 0.29) is 43.4 Å². The van der Waals surface area contributed by atoms with Crippen LogP contribution in [0.1, 0.15) is 15.9 Å². The van der Waals surface area contributed by atoms with Gasteiger partial charge in [0.1, 0.15) is 5.82 Å². The monoisotopic (exact) mass is 501 g/mol. The van der Waals surface area contributed by atoms with E-state index in [1.807, 2.05) is 0 Å². The minimum atomic E-state index is -4.07. The van der Waals surface area contributed by atoms with Gasteiger partial charge in [-0.1, -0.05) is 46.9 Å². The Hall–Kier alpha value is -2.36. The van der Waals surface area contributed by atoms with Crippen LogP contribution in [-0.2, 0) is 16.6 Å². The molecule has 0 saturated carbocycles. The van der Waals surface area contributed by atoms with Gasteiger partial charge in [0.05, 0.1) is 21.2 Å². The molecule has 3 rings (SSSR count). The number of carbonyl (C=O) groups is 1. The number of nitrogens with two attached hydrogens (primary N) is 1. The van der Waals surface area contributed by atoms with Gasteiger partial charge in [0.25, 0.3) is 15.9 Å². The molecule has 0 aliphatic carbocycles. The summed E-state index contributed by atoms with van der Waals surface area (Å²) in [5.74, 6) is -1.58. The highest BCUT2D eigenvalue weighted by atomic mass is 35.5. The van der Waals surface area contributed by atoms with E-state index in [2.05, 4.69) is 10.0 Å². The van der Waals surface area contributed by atoms with Gasteiger partial charge in [-0.15, -0.1) is 0 Å². The summed E-state index contributed by atoms with van der Waals surface area (Å²) in [5.41, 5.74) is 6.15. The second-order valence-electron chi connectivity index (χ2n) is 6.34. The summed E-state index contributed by atoms with van der Waals surface area (Å²) in [6, 6.07) is 12.1. The minimum Gasteiger partial charge on any atom is -0.326 e. The van der Waals surface area contributed by atoms with Gasteiger partial charge in [-0.3, -0.25) is 9.52 Å². The topological polar surface area (TPSA) is 101 Å². The molecule has 0 aromatic heterocycles. The molecule has 11 heteroatoms. The molecule has 0 aliphatic heterocycles. The first-order chi connectivity index (χ1) is 14.6. The van der Waals surface area contributed by atoms with Gasteiger partial charge >= 0.3 is 0 Å². The van der Waals surface area contributed by atoms with Crippen molar-refractivity contribution < 1.29 is 17.6 Å². The second kappa shape index (κ2) is 9.42. The molecule has 0 atom stereocenters. The number of rotatable bonds is 6. The van der Waals surface area contributed by atoms with E-state index in [1.165, 1.54) is 48.5 Å². The number of sulfonamides is 1. The summed E-state index contributed by atoms with van der Waals surface area (Å²) in [6.45, 7) is 0.0154. The fourth-order valence-electron chi connectivity index (χ4n) is 2.72. The van der Waals surface area contributed by atoms with Gasteiger partial charge in [0, 0.05) is 22.3 Å². The molecular formula is C20H15Cl3FN3O3S. The van der Waals surface area contributed by atoms with Crippen LogP contribution >= 0.6 is 34.8 Å². The van der Waals surface area contributed by atoms with Gasteiger partial charge in [0.2, 0.25) is 0 Å². The summed E-state index contributed by atoms with van der Waals surface area (Å²) >= 11 is 17.7. The van der Waals surface area contributed by atoms with Crippen molar-refractivity contribution in [2.24, 2.45) is 5.73 Å². The van der Waals surface area contributed by atoms with Crippen LogP contribution in [0.25, 0.3) is 0 Å². The van der Waals surface area contributed by atoms with Gasteiger partial charge in [-0.25, -0.2) is 12.8 Å². The second-order valence-corrected chi connectivity index (χ2v) is 9.30. The summed E-state index contributed by atoms with van der Waals surface area (Å²) in [6.07, 6.45) is 0. The lowest BCUT2D eigenvalue weighted by atomic mass is 10.1. The maximum atomic E-state index is 14.0. The van der Waals surface area contributed by atoms with Crippen LogP contribution in [0.5, 0.6) is 0 Å². The van der Waals surface area contributed by atoms with Crippen molar-refractivity contribution in [1.29, 1.82) is 0 Å². The third-order valence-electron chi connectivity index (χ3n) is 4.17. The highest BCUT2D eigenvalue weighted by molar-refractivity contribution is 7.92. The van der Waals surface area contributed by atoms with Crippen LogP contribution in [-0.4, -0.2) is 14.3 Å². The highest BCUT2D eigenvalue weighted by Crippen LogP contribution is 2.28. The van der Waals surface area contributed by atoms with Crippen molar-refractivity contribution in [3.63, 3.8) is 0 Å². The van der Waals surface area contributed by atoms with Gasteiger partial charge in [0.15, 0.2) is 0 Å². The Balaban J connectivity index is 1.93. The summed E-state index contributed by atoms with van der Waals surface area (Å²) < 4.78 is 42.0. The van der Waals surface area contributed by atoms with Crippen molar-refractivity contribution in [3.05, 3.63) is 86.6 Å². The van der Waals surface area contributed by atoms with Gasteiger partial charge in [-0.2, -0.15) is 0 Å². The number of carbonyl (C=O) groups excluding carboxylic acids is 1. The molecule has 0 fully saturated rings. The van der Waals surface area contributed by atoms with E-state index in [9.17, 15) is 17.6 Å². The summed E-state index contributed by atoms with van der Waals surface area (Å²) in [4.78, 5) is 12.3. The van der Waals surface area contributed by atoms with Crippen molar-refractivity contribution in [2.45, 2.75) is 11.4 Å². The summed E-state index contributed by atoms with van der Waals surface area (Å²) in [5, 5.41) is 2.73. The van der Waals surface area contributed by atoms with Crippen molar-refractivity contribution in [1.82, 2.24) is 0 Å². The largest absolute Gasteiger partial charge is 0.326 e. The Bertz CT molecular complexity index is 1230. The van der Waals surface area contributed by atoms with Crippen molar-refractivity contribution in [3.8, 4) is 0 Å². The van der Waals surface area contributed by atoms with Crippen LogP contribution in [0.3, 0.4) is 0 Å². The number of benzene rings is 3. The first-order valence-corrected chi connectivity index (χ1v) is 11.3. The average Bonchev–Trinajstić information content (AvgIpc) is 2.67. The predicted octanol–water partition coefficient (Wildman–Crippen LogP) is 5.30. The molecule has 0 saturated heterocycles. The molecule has 31 heavy (non-hydrogen) atoms. The number of amides is 1. The molecule has 0 heterocycles. The number of nitrogens with one attached hydrogen (secondary N) is 2. The summed E-state index contributed by atoms with van der Waals surface area (Å²) in [7, 11) is -4.07. The van der Waals surface area contributed by atoms with E-state index in [0.717, 1.165) is 6.07 Å². The third kappa shape index (κ3) is 5.47. The van der Waals surface area contributed by atoms with Gasteiger partial charge < -0.3 is 11.1 Å². The quantitative estimate of drug-likeness (QED) is 0.426.